The maximum Gasteiger partial charge on any atom is 0.135 e. The Morgan fingerprint density at radius 1 is 1.60 bits per heavy atom. The Labute approximate surface area is 62.4 Å². The topological polar surface area (TPSA) is 29.4 Å². The van der Waals surface area contributed by atoms with Crippen LogP contribution >= 0.6 is 0 Å². The van der Waals surface area contributed by atoms with E-state index in [1.807, 2.05) is 0 Å². The van der Waals surface area contributed by atoms with Crippen molar-refractivity contribution in [3.8, 4) is 0 Å². The number of hydrogen-bond acceptors (Lipinski definition) is 2. The zero-order chi connectivity index (χ0) is 7.82. The molecule has 0 aromatic rings. The first kappa shape index (κ1) is 9.34. The SMILES string of the molecule is CCCCN=CCC(C)=O. The Kier molecular flexibility index (Phi) is 6.03. The first-order valence-electron chi connectivity index (χ1n) is 3.75. The molecule has 58 valence electrons. The van der Waals surface area contributed by atoms with Gasteiger partial charge in [0.15, 0.2) is 0 Å². The van der Waals surface area contributed by atoms with E-state index in [-0.39, 0.29) is 5.78 Å². The van der Waals surface area contributed by atoms with Gasteiger partial charge < -0.3 is 0 Å². The van der Waals surface area contributed by atoms with Gasteiger partial charge in [0.05, 0.1) is 0 Å². The van der Waals surface area contributed by atoms with Crippen molar-refractivity contribution in [3.63, 3.8) is 0 Å². The predicted octanol–water partition coefficient (Wildman–Crippen LogP) is 1.84. The first-order chi connectivity index (χ1) is 4.77. The lowest BCUT2D eigenvalue weighted by Crippen LogP contribution is -1.90. The Hall–Kier alpha value is -0.660. The van der Waals surface area contributed by atoms with Crippen LogP contribution in [0.25, 0.3) is 0 Å². The fourth-order valence-electron chi connectivity index (χ4n) is 0.534. The molecule has 0 unspecified atom stereocenters. The molecule has 0 saturated heterocycles. The molecule has 0 amide bonds. The highest BCUT2D eigenvalue weighted by molar-refractivity contribution is 5.89. The molecular formula is C8H15NO. The van der Waals surface area contributed by atoms with Crippen LogP contribution in [0.4, 0.5) is 0 Å². The highest BCUT2D eigenvalue weighted by Gasteiger charge is 1.85. The van der Waals surface area contributed by atoms with Crippen LogP contribution in [0, 0.1) is 0 Å². The summed E-state index contributed by atoms with van der Waals surface area (Å²) in [5.41, 5.74) is 0. The molecule has 0 heterocycles. The lowest BCUT2D eigenvalue weighted by molar-refractivity contribution is -0.115. The van der Waals surface area contributed by atoms with Gasteiger partial charge in [-0.1, -0.05) is 13.3 Å². The largest absolute Gasteiger partial charge is 0.300 e. The molecule has 0 spiro atoms. The molecule has 0 saturated carbocycles. The minimum Gasteiger partial charge on any atom is -0.300 e. The van der Waals surface area contributed by atoms with Gasteiger partial charge in [-0.3, -0.25) is 9.79 Å². The summed E-state index contributed by atoms with van der Waals surface area (Å²) in [6, 6.07) is 0. The molecule has 0 aromatic carbocycles. The Morgan fingerprint density at radius 2 is 2.30 bits per heavy atom. The number of aliphatic imine (C=N–C) groups is 1. The van der Waals surface area contributed by atoms with E-state index < -0.39 is 0 Å². The number of carbonyl (C=O) groups is 1. The third-order valence-corrected chi connectivity index (χ3v) is 1.15. The first-order valence-corrected chi connectivity index (χ1v) is 3.75. The average molecular weight is 141 g/mol. The standard InChI is InChI=1S/C8H15NO/c1-3-4-6-9-7-5-8(2)10/h7H,3-6H2,1-2H3. The smallest absolute Gasteiger partial charge is 0.135 e. The number of carbonyl (C=O) groups excluding carboxylic acids is 1. The van der Waals surface area contributed by atoms with Gasteiger partial charge in [-0.2, -0.15) is 0 Å². The van der Waals surface area contributed by atoms with Crippen LogP contribution in [-0.2, 0) is 4.79 Å². The van der Waals surface area contributed by atoms with Crippen molar-refractivity contribution in [1.29, 1.82) is 0 Å². The molecule has 2 nitrogen and oxygen atoms in total. The zero-order valence-electron chi connectivity index (χ0n) is 6.76. The second-order valence-corrected chi connectivity index (χ2v) is 2.35. The lowest BCUT2D eigenvalue weighted by atomic mass is 10.3. The maximum atomic E-state index is 10.4. The summed E-state index contributed by atoms with van der Waals surface area (Å²) in [6.07, 6.45) is 4.48. The van der Waals surface area contributed by atoms with E-state index >= 15 is 0 Å². The van der Waals surface area contributed by atoms with Crippen molar-refractivity contribution in [1.82, 2.24) is 0 Å². The van der Waals surface area contributed by atoms with Crippen LogP contribution in [0.1, 0.15) is 33.1 Å². The van der Waals surface area contributed by atoms with Crippen molar-refractivity contribution in [3.05, 3.63) is 0 Å². The second kappa shape index (κ2) is 6.46. The van der Waals surface area contributed by atoms with E-state index in [9.17, 15) is 4.79 Å². The van der Waals surface area contributed by atoms with Crippen molar-refractivity contribution in [2.45, 2.75) is 33.1 Å². The summed E-state index contributed by atoms with van der Waals surface area (Å²) in [6.45, 7) is 4.57. The van der Waals surface area contributed by atoms with Crippen molar-refractivity contribution in [2.24, 2.45) is 4.99 Å². The normalized spacial score (nSPS) is 10.6. The van der Waals surface area contributed by atoms with Gasteiger partial charge in [-0.25, -0.2) is 0 Å². The minimum absolute atomic E-state index is 0.181. The molecule has 0 aliphatic rings. The summed E-state index contributed by atoms with van der Waals surface area (Å²) in [5.74, 6) is 0.181. The summed E-state index contributed by atoms with van der Waals surface area (Å²) in [7, 11) is 0. The van der Waals surface area contributed by atoms with Crippen LogP contribution in [0.15, 0.2) is 4.99 Å². The molecule has 0 rings (SSSR count). The predicted molar refractivity (Wildman–Crippen MR) is 43.6 cm³/mol. The average Bonchev–Trinajstić information content (AvgIpc) is 1.87. The van der Waals surface area contributed by atoms with Gasteiger partial charge in [0.2, 0.25) is 0 Å². The Morgan fingerprint density at radius 3 is 2.80 bits per heavy atom. The van der Waals surface area contributed by atoms with E-state index in [2.05, 4.69) is 11.9 Å². The summed E-state index contributed by atoms with van der Waals surface area (Å²) in [4.78, 5) is 14.4. The van der Waals surface area contributed by atoms with Crippen molar-refractivity contribution >= 4 is 12.0 Å². The molecule has 10 heavy (non-hydrogen) atoms. The van der Waals surface area contributed by atoms with Gasteiger partial charge in [0.25, 0.3) is 0 Å². The van der Waals surface area contributed by atoms with E-state index in [0.717, 1.165) is 19.4 Å². The van der Waals surface area contributed by atoms with Crippen LogP contribution in [0.3, 0.4) is 0 Å². The molecule has 0 aliphatic heterocycles. The van der Waals surface area contributed by atoms with Crippen molar-refractivity contribution in [2.75, 3.05) is 6.54 Å². The van der Waals surface area contributed by atoms with Gasteiger partial charge in [0, 0.05) is 19.2 Å². The van der Waals surface area contributed by atoms with Crippen LogP contribution in [0.2, 0.25) is 0 Å². The number of unbranched alkanes of at least 4 members (excludes halogenated alkanes) is 1. The van der Waals surface area contributed by atoms with Crippen LogP contribution in [0.5, 0.6) is 0 Å². The number of ketones is 1. The van der Waals surface area contributed by atoms with Crippen LogP contribution < -0.4 is 0 Å². The molecule has 0 aromatic heterocycles. The highest BCUT2D eigenvalue weighted by Crippen LogP contribution is 1.86. The molecule has 0 atom stereocenters. The Balaban J connectivity index is 3.12. The fourth-order valence-corrected chi connectivity index (χ4v) is 0.534. The van der Waals surface area contributed by atoms with Crippen LogP contribution in [-0.4, -0.2) is 18.5 Å². The lowest BCUT2D eigenvalue weighted by Gasteiger charge is -1.87. The molecule has 2 heteroatoms. The molecular weight excluding hydrogens is 126 g/mol. The minimum atomic E-state index is 0.181. The summed E-state index contributed by atoms with van der Waals surface area (Å²) < 4.78 is 0. The van der Waals surface area contributed by atoms with E-state index in [0.29, 0.717) is 6.42 Å². The highest BCUT2D eigenvalue weighted by atomic mass is 16.1. The quantitative estimate of drug-likeness (QED) is 0.424. The third kappa shape index (κ3) is 7.34. The Bertz CT molecular complexity index is 118. The zero-order valence-corrected chi connectivity index (χ0v) is 6.76. The molecule has 0 radical (unpaired) electrons. The third-order valence-electron chi connectivity index (χ3n) is 1.15. The fraction of sp³-hybridized carbons (Fsp3) is 0.750. The van der Waals surface area contributed by atoms with E-state index in [4.69, 9.17) is 0 Å². The molecule has 0 aliphatic carbocycles. The number of nitrogens with zero attached hydrogens (tertiary/aromatic N) is 1. The number of hydrogen-bond donors (Lipinski definition) is 0. The van der Waals surface area contributed by atoms with Gasteiger partial charge in [0.1, 0.15) is 5.78 Å². The second-order valence-electron chi connectivity index (χ2n) is 2.35. The molecule has 0 N–H and O–H groups in total. The van der Waals surface area contributed by atoms with Gasteiger partial charge >= 0.3 is 0 Å². The maximum absolute atomic E-state index is 10.4. The molecule has 0 fully saturated rings. The van der Waals surface area contributed by atoms with E-state index in [1.165, 1.54) is 0 Å². The molecule has 0 bridgehead atoms. The van der Waals surface area contributed by atoms with Gasteiger partial charge in [-0.05, 0) is 13.3 Å². The van der Waals surface area contributed by atoms with E-state index in [1.54, 1.807) is 13.1 Å². The van der Waals surface area contributed by atoms with Gasteiger partial charge in [-0.15, -0.1) is 0 Å². The van der Waals surface area contributed by atoms with Crippen molar-refractivity contribution < 1.29 is 4.79 Å². The number of Topliss-reactive ketones (excluding diaryl/α,β-unsaturated/α-hetero) is 1. The summed E-state index contributed by atoms with van der Waals surface area (Å²) in [5, 5.41) is 0. The summed E-state index contributed by atoms with van der Waals surface area (Å²) >= 11 is 0. The monoisotopic (exact) mass is 141 g/mol. The number of rotatable bonds is 5.